The zero-order chi connectivity index (χ0) is 24.6. The number of amides is 2. The Morgan fingerprint density at radius 3 is 2.81 bits per heavy atom. The van der Waals surface area contributed by atoms with Crippen LogP contribution in [0.25, 0.3) is 15.8 Å². The Morgan fingerprint density at radius 2 is 2.08 bits per heavy atom. The van der Waals surface area contributed by atoms with Gasteiger partial charge in [-0.15, -0.1) is 23.7 Å². The van der Waals surface area contributed by atoms with Gasteiger partial charge in [-0.25, -0.2) is 14.8 Å². The maximum atomic E-state index is 13.2. The number of benzene rings is 1. The summed E-state index contributed by atoms with van der Waals surface area (Å²) >= 11 is 7.91. The molecule has 36 heavy (non-hydrogen) atoms. The van der Waals surface area contributed by atoms with Crippen molar-refractivity contribution in [3.8, 4) is 0 Å². The number of hydrogen-bond acceptors (Lipinski definition) is 6. The van der Waals surface area contributed by atoms with Crippen molar-refractivity contribution >= 4 is 63.0 Å². The summed E-state index contributed by atoms with van der Waals surface area (Å²) in [6.45, 7) is 10.1. The molecular formula is C26H32Cl2N6OS. The van der Waals surface area contributed by atoms with E-state index in [2.05, 4.69) is 51.5 Å². The summed E-state index contributed by atoms with van der Waals surface area (Å²) in [5.74, 6) is 0.959. The summed E-state index contributed by atoms with van der Waals surface area (Å²) in [6, 6.07) is 9.61. The predicted octanol–water partition coefficient (Wildman–Crippen LogP) is 5.51. The summed E-state index contributed by atoms with van der Waals surface area (Å²) in [6.07, 6.45) is 4.96. The predicted molar refractivity (Wildman–Crippen MR) is 152 cm³/mol. The molecule has 7 nitrogen and oxygen atoms in total. The lowest BCUT2D eigenvalue weighted by Gasteiger charge is -2.47. The standard InChI is InChI=1S/C26H31ClN6OS.ClH/c1-17(19-5-4-6-20(27)13-19)31-25(34)33-12-11-32(15-26(33,2)3)24-23-21(29-16-30-24)14-22(35-23)18-7-9-28-10-8-18;/h4-7,13-14,16-17,28H,8-12,15H2,1-3H3,(H,31,34);1H/t17-;/m0./s1. The number of piperazine rings is 1. The van der Waals surface area contributed by atoms with Gasteiger partial charge in [-0.05, 0) is 63.1 Å². The number of carbonyl (C=O) groups is 1. The molecular weight excluding hydrogens is 515 g/mol. The van der Waals surface area contributed by atoms with E-state index in [9.17, 15) is 4.79 Å². The number of hydrogen-bond donors (Lipinski definition) is 2. The van der Waals surface area contributed by atoms with E-state index >= 15 is 0 Å². The molecule has 2 aromatic heterocycles. The van der Waals surface area contributed by atoms with E-state index in [1.807, 2.05) is 36.1 Å². The third kappa shape index (κ3) is 5.47. The molecule has 192 valence electrons. The SMILES string of the molecule is C[C@H](NC(=O)N1CCN(c2ncnc3cc(C4=CCNCC4)sc23)CC1(C)C)c1cccc(Cl)c1.Cl. The highest BCUT2D eigenvalue weighted by Crippen LogP contribution is 2.37. The molecule has 0 spiro atoms. The molecule has 2 amide bonds. The van der Waals surface area contributed by atoms with Gasteiger partial charge in [0.1, 0.15) is 12.1 Å². The van der Waals surface area contributed by atoms with Crippen LogP contribution in [0.15, 0.2) is 42.7 Å². The average molecular weight is 548 g/mol. The first-order valence-electron chi connectivity index (χ1n) is 12.0. The molecule has 3 aromatic rings. The highest BCUT2D eigenvalue weighted by Gasteiger charge is 2.38. The summed E-state index contributed by atoms with van der Waals surface area (Å²) in [4.78, 5) is 28.0. The number of anilines is 1. The fourth-order valence-electron chi connectivity index (χ4n) is 4.91. The number of rotatable bonds is 4. The zero-order valence-electron chi connectivity index (χ0n) is 20.8. The molecule has 1 aromatic carbocycles. The summed E-state index contributed by atoms with van der Waals surface area (Å²) in [5.41, 5.74) is 2.99. The first-order valence-corrected chi connectivity index (χ1v) is 13.2. The largest absolute Gasteiger partial charge is 0.351 e. The Bertz CT molecular complexity index is 1280. The smallest absolute Gasteiger partial charge is 0.318 e. The van der Waals surface area contributed by atoms with Crippen LogP contribution >= 0.6 is 35.3 Å². The molecule has 4 heterocycles. The molecule has 5 rings (SSSR count). The third-order valence-electron chi connectivity index (χ3n) is 6.81. The maximum Gasteiger partial charge on any atom is 0.318 e. The molecule has 0 unspecified atom stereocenters. The molecule has 10 heteroatoms. The summed E-state index contributed by atoms with van der Waals surface area (Å²) < 4.78 is 1.12. The second-order valence-corrected chi connectivity index (χ2v) is 11.3. The van der Waals surface area contributed by atoms with Crippen LogP contribution in [0, 0.1) is 0 Å². The molecule has 2 N–H and O–H groups in total. The van der Waals surface area contributed by atoms with E-state index in [4.69, 9.17) is 11.6 Å². The Labute approximate surface area is 227 Å². The van der Waals surface area contributed by atoms with Crippen molar-refractivity contribution in [3.63, 3.8) is 0 Å². The average Bonchev–Trinajstić information content (AvgIpc) is 3.28. The van der Waals surface area contributed by atoms with Gasteiger partial charge in [-0.1, -0.05) is 29.8 Å². The lowest BCUT2D eigenvalue weighted by Crippen LogP contribution is -2.63. The van der Waals surface area contributed by atoms with Crippen LogP contribution in [0.4, 0.5) is 10.6 Å². The van der Waals surface area contributed by atoms with Gasteiger partial charge in [0.05, 0.1) is 21.8 Å². The van der Waals surface area contributed by atoms with Gasteiger partial charge in [0.2, 0.25) is 0 Å². The van der Waals surface area contributed by atoms with E-state index in [0.717, 1.165) is 41.1 Å². The minimum Gasteiger partial charge on any atom is -0.351 e. The highest BCUT2D eigenvalue weighted by molar-refractivity contribution is 7.20. The first kappa shape index (κ1) is 26.7. The van der Waals surface area contributed by atoms with E-state index < -0.39 is 0 Å². The Morgan fingerprint density at radius 1 is 1.25 bits per heavy atom. The monoisotopic (exact) mass is 546 g/mol. The summed E-state index contributed by atoms with van der Waals surface area (Å²) in [5, 5.41) is 7.19. The Balaban J connectivity index is 0.00000304. The van der Waals surface area contributed by atoms with E-state index in [1.54, 1.807) is 17.7 Å². The first-order chi connectivity index (χ1) is 16.8. The van der Waals surface area contributed by atoms with Crippen LogP contribution in [-0.4, -0.2) is 59.2 Å². The van der Waals surface area contributed by atoms with Crippen molar-refractivity contribution in [2.45, 2.75) is 38.8 Å². The molecule has 2 aliphatic heterocycles. The van der Waals surface area contributed by atoms with Crippen molar-refractivity contribution in [2.75, 3.05) is 37.6 Å². The molecule has 1 fully saturated rings. The van der Waals surface area contributed by atoms with Crippen molar-refractivity contribution in [1.82, 2.24) is 25.5 Å². The highest BCUT2D eigenvalue weighted by atomic mass is 35.5. The Hall–Kier alpha value is -2.39. The number of carbonyl (C=O) groups excluding carboxylic acids is 1. The van der Waals surface area contributed by atoms with Gasteiger partial charge < -0.3 is 20.4 Å². The van der Waals surface area contributed by atoms with Crippen LogP contribution in [0.1, 0.15) is 43.7 Å². The number of nitrogens with zero attached hydrogens (tertiary/aromatic N) is 4. The fraction of sp³-hybridized carbons (Fsp3) is 0.423. The van der Waals surface area contributed by atoms with E-state index in [-0.39, 0.29) is 30.0 Å². The van der Waals surface area contributed by atoms with Crippen molar-refractivity contribution in [1.29, 1.82) is 0 Å². The number of halogens is 2. The van der Waals surface area contributed by atoms with Crippen molar-refractivity contribution in [3.05, 3.63) is 58.2 Å². The topological polar surface area (TPSA) is 73.4 Å². The minimum absolute atomic E-state index is 0. The lowest BCUT2D eigenvalue weighted by molar-refractivity contribution is 0.121. The number of fused-ring (bicyclic) bond motifs is 1. The maximum absolute atomic E-state index is 13.2. The van der Waals surface area contributed by atoms with Crippen LogP contribution < -0.4 is 15.5 Å². The number of thiophene rings is 1. The number of urea groups is 1. The van der Waals surface area contributed by atoms with Crippen molar-refractivity contribution in [2.24, 2.45) is 0 Å². The van der Waals surface area contributed by atoms with Crippen LogP contribution in [0.3, 0.4) is 0 Å². The normalized spacial score (nSPS) is 18.4. The van der Waals surface area contributed by atoms with Gasteiger partial charge in [-0.2, -0.15) is 0 Å². The van der Waals surface area contributed by atoms with Gasteiger partial charge in [0, 0.05) is 36.1 Å². The molecule has 0 bridgehead atoms. The van der Waals surface area contributed by atoms with Gasteiger partial charge in [-0.3, -0.25) is 0 Å². The van der Waals surface area contributed by atoms with Crippen LogP contribution in [0.5, 0.6) is 0 Å². The second-order valence-electron chi connectivity index (χ2n) is 9.82. The molecule has 2 aliphatic rings. The minimum atomic E-state index is -0.370. The summed E-state index contributed by atoms with van der Waals surface area (Å²) in [7, 11) is 0. The quantitative estimate of drug-likeness (QED) is 0.451. The molecule has 0 saturated carbocycles. The number of nitrogens with one attached hydrogen (secondary N) is 2. The van der Waals surface area contributed by atoms with Gasteiger partial charge in [0.15, 0.2) is 0 Å². The zero-order valence-corrected chi connectivity index (χ0v) is 23.1. The molecule has 1 saturated heterocycles. The number of aromatic nitrogens is 2. The molecule has 0 aliphatic carbocycles. The van der Waals surface area contributed by atoms with Gasteiger partial charge in [0.25, 0.3) is 0 Å². The Kier molecular flexibility index (Phi) is 8.09. The third-order valence-corrected chi connectivity index (χ3v) is 8.24. The lowest BCUT2D eigenvalue weighted by atomic mass is 9.99. The van der Waals surface area contributed by atoms with Crippen LogP contribution in [0.2, 0.25) is 5.02 Å². The second kappa shape index (κ2) is 10.9. The molecule has 0 radical (unpaired) electrons. The van der Waals surface area contributed by atoms with E-state index in [0.29, 0.717) is 24.7 Å². The van der Waals surface area contributed by atoms with E-state index in [1.165, 1.54) is 10.5 Å². The van der Waals surface area contributed by atoms with Crippen LogP contribution in [-0.2, 0) is 0 Å². The molecule has 1 atom stereocenters. The van der Waals surface area contributed by atoms with Gasteiger partial charge >= 0.3 is 6.03 Å². The van der Waals surface area contributed by atoms with Crippen molar-refractivity contribution < 1.29 is 4.79 Å². The fourth-order valence-corrected chi connectivity index (χ4v) is 6.30.